The number of para-hydroxylation sites is 1. The van der Waals surface area contributed by atoms with Crippen LogP contribution in [0.3, 0.4) is 0 Å². The van der Waals surface area contributed by atoms with Crippen LogP contribution in [0.2, 0.25) is 0 Å². The van der Waals surface area contributed by atoms with Gasteiger partial charge in [-0.05, 0) is 61.6 Å². The largest absolute Gasteiger partial charge is 0.332 e. The van der Waals surface area contributed by atoms with Crippen molar-refractivity contribution in [1.82, 2.24) is 10.3 Å². The molecule has 31 heavy (non-hydrogen) atoms. The maximum Gasteiger partial charge on any atom is 0.273 e. The smallest absolute Gasteiger partial charge is 0.273 e. The van der Waals surface area contributed by atoms with E-state index in [-0.39, 0.29) is 21.9 Å². The molecule has 2 N–H and O–H groups in total. The van der Waals surface area contributed by atoms with E-state index in [2.05, 4.69) is 15.6 Å². The second-order valence-corrected chi connectivity index (χ2v) is 8.12. The molecule has 0 spiro atoms. The molecule has 0 saturated carbocycles. The maximum absolute atomic E-state index is 12.5. The number of aromatic nitrogens is 1. The molecule has 0 bridgehead atoms. The van der Waals surface area contributed by atoms with E-state index < -0.39 is 10.8 Å². The lowest BCUT2D eigenvalue weighted by molar-refractivity contribution is -0.385. The number of carbonyl (C=O) groups is 1. The summed E-state index contributed by atoms with van der Waals surface area (Å²) in [5.41, 5.74) is 3.01. The summed E-state index contributed by atoms with van der Waals surface area (Å²) in [4.78, 5) is 27.7. The molecule has 3 aromatic carbocycles. The van der Waals surface area contributed by atoms with E-state index in [0.717, 1.165) is 20.8 Å². The Kier molecular flexibility index (Phi) is 5.70. The van der Waals surface area contributed by atoms with Crippen LogP contribution in [0.4, 0.5) is 11.4 Å². The Labute approximate surface area is 186 Å². The van der Waals surface area contributed by atoms with Crippen molar-refractivity contribution in [2.45, 2.75) is 6.92 Å². The highest BCUT2D eigenvalue weighted by Gasteiger charge is 2.18. The highest BCUT2D eigenvalue weighted by Crippen LogP contribution is 2.30. The number of benzene rings is 3. The van der Waals surface area contributed by atoms with Crippen LogP contribution < -0.4 is 10.6 Å². The van der Waals surface area contributed by atoms with Crippen molar-refractivity contribution in [3.05, 3.63) is 88.0 Å². The van der Waals surface area contributed by atoms with Crippen molar-refractivity contribution >= 4 is 56.2 Å². The number of amides is 1. The monoisotopic (exact) mass is 448 g/mol. The third-order valence-electron chi connectivity index (χ3n) is 4.66. The fraction of sp³-hybridized carbons (Fsp3) is 0.0455. The molecule has 9 heteroatoms. The molecule has 7 nitrogen and oxygen atoms in total. The van der Waals surface area contributed by atoms with Gasteiger partial charge in [0, 0.05) is 28.4 Å². The number of fused-ring (bicyclic) bond motifs is 1. The maximum atomic E-state index is 12.5. The molecule has 0 fully saturated rings. The molecule has 4 aromatic rings. The summed E-state index contributed by atoms with van der Waals surface area (Å²) in [6.45, 7) is 1.53. The van der Waals surface area contributed by atoms with E-state index in [1.54, 1.807) is 11.3 Å². The number of anilines is 1. The summed E-state index contributed by atoms with van der Waals surface area (Å²) in [5.74, 6) is -0.509. The first-order valence-electron chi connectivity index (χ1n) is 9.25. The van der Waals surface area contributed by atoms with Crippen molar-refractivity contribution in [2.75, 3.05) is 5.32 Å². The van der Waals surface area contributed by atoms with Gasteiger partial charge in [0.05, 0.1) is 15.1 Å². The Bertz CT molecular complexity index is 1280. The first-order chi connectivity index (χ1) is 14.9. The zero-order valence-electron chi connectivity index (χ0n) is 16.3. The van der Waals surface area contributed by atoms with E-state index in [0.29, 0.717) is 5.69 Å². The van der Waals surface area contributed by atoms with E-state index in [9.17, 15) is 14.9 Å². The Morgan fingerprint density at radius 1 is 1.06 bits per heavy atom. The van der Waals surface area contributed by atoms with Crippen molar-refractivity contribution < 1.29 is 9.72 Å². The molecule has 0 radical (unpaired) electrons. The summed E-state index contributed by atoms with van der Waals surface area (Å²) in [6, 6.07) is 19.9. The third-order valence-corrected chi connectivity index (χ3v) is 5.95. The summed E-state index contributed by atoms with van der Waals surface area (Å²) in [7, 11) is 0. The molecular formula is C22H16N4O3S2. The molecule has 0 aliphatic heterocycles. The lowest BCUT2D eigenvalue weighted by atomic mass is 10.1. The molecule has 0 aliphatic carbocycles. The molecular weight excluding hydrogens is 432 g/mol. The molecule has 0 atom stereocenters. The number of nitro groups is 1. The first kappa shape index (κ1) is 20.6. The highest BCUT2D eigenvalue weighted by molar-refractivity contribution is 7.80. The predicted octanol–water partition coefficient (Wildman–Crippen LogP) is 5.31. The SMILES string of the molecule is Cc1c(C(=O)NC(=S)Nc2ccc(-c3nc4ccccc4s3)cc2)cccc1[N+](=O)[O-]. The minimum atomic E-state index is -0.518. The predicted molar refractivity (Wildman–Crippen MR) is 127 cm³/mol. The van der Waals surface area contributed by atoms with E-state index in [1.165, 1.54) is 25.1 Å². The molecule has 0 saturated heterocycles. The first-order valence-corrected chi connectivity index (χ1v) is 10.5. The normalized spacial score (nSPS) is 10.6. The van der Waals surface area contributed by atoms with Gasteiger partial charge < -0.3 is 5.32 Å². The quantitative estimate of drug-likeness (QED) is 0.250. The zero-order chi connectivity index (χ0) is 22.0. The standard InChI is InChI=1S/C22H16N4O3S2/c1-13-16(5-4-7-18(13)26(28)29)20(27)25-22(30)23-15-11-9-14(10-12-15)21-24-17-6-2-3-8-19(17)31-21/h2-12H,1H3,(H2,23,25,27,30). The fourth-order valence-electron chi connectivity index (χ4n) is 3.09. The second-order valence-electron chi connectivity index (χ2n) is 6.68. The Morgan fingerprint density at radius 3 is 2.52 bits per heavy atom. The van der Waals surface area contributed by atoms with Crippen LogP contribution >= 0.6 is 23.6 Å². The van der Waals surface area contributed by atoms with Gasteiger partial charge in [-0.3, -0.25) is 20.2 Å². The minimum Gasteiger partial charge on any atom is -0.332 e. The second kappa shape index (κ2) is 8.58. The Hall–Kier alpha value is -3.69. The van der Waals surface area contributed by atoms with Gasteiger partial charge in [0.1, 0.15) is 5.01 Å². The van der Waals surface area contributed by atoms with Gasteiger partial charge >= 0.3 is 0 Å². The van der Waals surface area contributed by atoms with Crippen molar-refractivity contribution in [2.24, 2.45) is 0 Å². The number of nitrogens with one attached hydrogen (secondary N) is 2. The Balaban J connectivity index is 1.44. The van der Waals surface area contributed by atoms with Gasteiger partial charge in [-0.1, -0.05) is 18.2 Å². The summed E-state index contributed by atoms with van der Waals surface area (Å²) in [6.07, 6.45) is 0. The summed E-state index contributed by atoms with van der Waals surface area (Å²) < 4.78 is 1.13. The fourth-order valence-corrected chi connectivity index (χ4v) is 4.27. The molecule has 1 heterocycles. The average Bonchev–Trinajstić information content (AvgIpc) is 3.18. The van der Waals surface area contributed by atoms with Crippen LogP contribution in [-0.4, -0.2) is 20.9 Å². The molecule has 4 rings (SSSR count). The number of nitro benzene ring substituents is 1. The van der Waals surface area contributed by atoms with Gasteiger partial charge in [0.25, 0.3) is 11.6 Å². The lowest BCUT2D eigenvalue weighted by Gasteiger charge is -2.11. The average molecular weight is 449 g/mol. The van der Waals surface area contributed by atoms with Gasteiger partial charge in [-0.15, -0.1) is 11.3 Å². The van der Waals surface area contributed by atoms with Crippen molar-refractivity contribution in [3.8, 4) is 10.6 Å². The zero-order valence-corrected chi connectivity index (χ0v) is 17.9. The van der Waals surface area contributed by atoms with Crippen molar-refractivity contribution in [1.29, 1.82) is 0 Å². The molecule has 154 valence electrons. The van der Waals surface area contributed by atoms with Crippen LogP contribution in [-0.2, 0) is 0 Å². The Morgan fingerprint density at radius 2 is 1.81 bits per heavy atom. The topological polar surface area (TPSA) is 97.2 Å². The van der Waals surface area contributed by atoms with E-state index in [1.807, 2.05) is 48.5 Å². The molecule has 0 unspecified atom stereocenters. The van der Waals surface area contributed by atoms with Crippen LogP contribution in [0.15, 0.2) is 66.7 Å². The number of thiocarbonyl (C=S) groups is 1. The third kappa shape index (κ3) is 4.42. The highest BCUT2D eigenvalue weighted by atomic mass is 32.1. The van der Waals surface area contributed by atoms with Gasteiger partial charge in [-0.2, -0.15) is 0 Å². The van der Waals surface area contributed by atoms with Gasteiger partial charge in [0.2, 0.25) is 0 Å². The van der Waals surface area contributed by atoms with Crippen LogP contribution in [0.1, 0.15) is 15.9 Å². The number of hydrogen-bond donors (Lipinski definition) is 2. The number of hydrogen-bond acceptors (Lipinski definition) is 6. The summed E-state index contributed by atoms with van der Waals surface area (Å²) in [5, 5.41) is 17.6. The minimum absolute atomic E-state index is 0.101. The number of carbonyl (C=O) groups excluding carboxylic acids is 1. The van der Waals surface area contributed by atoms with Crippen LogP contribution in [0, 0.1) is 17.0 Å². The molecule has 1 amide bonds. The van der Waals surface area contributed by atoms with Gasteiger partial charge in [-0.25, -0.2) is 4.98 Å². The number of thiazole rings is 1. The number of rotatable bonds is 4. The van der Waals surface area contributed by atoms with Gasteiger partial charge in [0.15, 0.2) is 5.11 Å². The molecule has 0 aliphatic rings. The van der Waals surface area contributed by atoms with E-state index in [4.69, 9.17) is 12.2 Å². The molecule has 1 aromatic heterocycles. The summed E-state index contributed by atoms with van der Waals surface area (Å²) >= 11 is 6.84. The van der Waals surface area contributed by atoms with Crippen molar-refractivity contribution in [3.63, 3.8) is 0 Å². The van der Waals surface area contributed by atoms with E-state index >= 15 is 0 Å². The van der Waals surface area contributed by atoms with Crippen LogP contribution in [0.25, 0.3) is 20.8 Å². The number of nitrogens with zero attached hydrogens (tertiary/aromatic N) is 2. The lowest BCUT2D eigenvalue weighted by Crippen LogP contribution is -2.34. The van der Waals surface area contributed by atoms with Crippen LogP contribution in [0.5, 0.6) is 0 Å².